The lowest BCUT2D eigenvalue weighted by molar-refractivity contribution is 0.0874. The molecule has 1 aromatic carbocycles. The number of hydrogen-bond donors (Lipinski definition) is 0. The fraction of sp³-hybridized carbons (Fsp3) is 0.533. The Bertz CT molecular complexity index is 440. The van der Waals surface area contributed by atoms with Crippen molar-refractivity contribution in [2.75, 3.05) is 33.7 Å². The lowest BCUT2D eigenvalue weighted by Crippen LogP contribution is -2.43. The second kappa shape index (κ2) is 6.51. The van der Waals surface area contributed by atoms with Crippen LogP contribution < -0.4 is 0 Å². The Morgan fingerprint density at radius 3 is 2.63 bits per heavy atom. The van der Waals surface area contributed by atoms with Gasteiger partial charge in [0.05, 0.1) is 6.54 Å². The van der Waals surface area contributed by atoms with E-state index in [0.29, 0.717) is 23.2 Å². The summed E-state index contributed by atoms with van der Waals surface area (Å²) in [5.74, 6) is 0.158. The summed E-state index contributed by atoms with van der Waals surface area (Å²) >= 11 is 5.91. The molecule has 0 atom stereocenters. The molecule has 0 N–H and O–H groups in total. The van der Waals surface area contributed by atoms with Crippen molar-refractivity contribution in [1.82, 2.24) is 9.80 Å². The topological polar surface area (TPSA) is 23.6 Å². The zero-order chi connectivity index (χ0) is 13.8. The smallest absolute Gasteiger partial charge is 0.176 e. The monoisotopic (exact) mass is 280 g/mol. The fourth-order valence-corrected chi connectivity index (χ4v) is 2.74. The molecule has 0 bridgehead atoms. The standard InChI is InChI=1S/C15H21ClN2O/c1-17(2)14-6-8-18(9-7-14)11-15(19)12-4-3-5-13(16)10-12/h3-5,10,14H,6-9,11H2,1-2H3. The molecule has 3 nitrogen and oxygen atoms in total. The summed E-state index contributed by atoms with van der Waals surface area (Å²) in [4.78, 5) is 16.7. The predicted molar refractivity (Wildman–Crippen MR) is 78.9 cm³/mol. The molecule has 2 rings (SSSR count). The third-order valence-electron chi connectivity index (χ3n) is 3.80. The summed E-state index contributed by atoms with van der Waals surface area (Å²) in [5, 5.41) is 0.622. The van der Waals surface area contributed by atoms with Crippen molar-refractivity contribution in [3.63, 3.8) is 0 Å². The number of piperidine rings is 1. The van der Waals surface area contributed by atoms with Gasteiger partial charge in [-0.25, -0.2) is 0 Å². The average Bonchev–Trinajstić information content (AvgIpc) is 2.39. The van der Waals surface area contributed by atoms with Gasteiger partial charge in [-0.15, -0.1) is 0 Å². The zero-order valence-electron chi connectivity index (χ0n) is 11.6. The Balaban J connectivity index is 1.87. The van der Waals surface area contributed by atoms with Crippen LogP contribution in [0.5, 0.6) is 0 Å². The highest BCUT2D eigenvalue weighted by Gasteiger charge is 2.22. The molecular formula is C15H21ClN2O. The number of likely N-dealkylation sites (tertiary alicyclic amines) is 1. The molecule has 4 heteroatoms. The van der Waals surface area contributed by atoms with E-state index in [4.69, 9.17) is 11.6 Å². The third kappa shape index (κ3) is 4.03. The van der Waals surface area contributed by atoms with Crippen molar-refractivity contribution in [1.29, 1.82) is 0 Å². The molecule has 1 saturated heterocycles. The minimum atomic E-state index is 0.158. The summed E-state index contributed by atoms with van der Waals surface area (Å²) in [5.41, 5.74) is 0.710. The largest absolute Gasteiger partial charge is 0.306 e. The van der Waals surface area contributed by atoms with Crippen LogP contribution in [0.15, 0.2) is 24.3 Å². The van der Waals surface area contributed by atoms with Crippen LogP contribution in [0.2, 0.25) is 5.02 Å². The molecule has 1 aliphatic heterocycles. The fourth-order valence-electron chi connectivity index (χ4n) is 2.55. The number of nitrogens with zero attached hydrogens (tertiary/aromatic N) is 2. The number of benzene rings is 1. The zero-order valence-corrected chi connectivity index (χ0v) is 12.4. The molecule has 0 aliphatic carbocycles. The molecule has 0 amide bonds. The SMILES string of the molecule is CN(C)C1CCN(CC(=O)c2cccc(Cl)c2)CC1. The van der Waals surface area contributed by atoms with Crippen LogP contribution in [0.25, 0.3) is 0 Å². The first-order valence-corrected chi connectivity index (χ1v) is 7.11. The number of hydrogen-bond acceptors (Lipinski definition) is 3. The first-order chi connectivity index (χ1) is 9.06. The average molecular weight is 281 g/mol. The summed E-state index contributed by atoms with van der Waals surface area (Å²) in [6.07, 6.45) is 2.27. The maximum atomic E-state index is 12.2. The Morgan fingerprint density at radius 1 is 1.37 bits per heavy atom. The van der Waals surface area contributed by atoms with Gasteiger partial charge in [0, 0.05) is 29.7 Å². The van der Waals surface area contributed by atoms with Gasteiger partial charge in [0.1, 0.15) is 0 Å². The van der Waals surface area contributed by atoms with Gasteiger partial charge < -0.3 is 4.90 Å². The van der Waals surface area contributed by atoms with Gasteiger partial charge in [-0.1, -0.05) is 23.7 Å². The van der Waals surface area contributed by atoms with E-state index in [2.05, 4.69) is 23.9 Å². The van der Waals surface area contributed by atoms with Gasteiger partial charge in [0.2, 0.25) is 0 Å². The quantitative estimate of drug-likeness (QED) is 0.792. The second-order valence-electron chi connectivity index (χ2n) is 5.40. The van der Waals surface area contributed by atoms with Crippen molar-refractivity contribution in [2.45, 2.75) is 18.9 Å². The molecule has 1 aliphatic rings. The Morgan fingerprint density at radius 2 is 2.05 bits per heavy atom. The molecule has 104 valence electrons. The third-order valence-corrected chi connectivity index (χ3v) is 4.04. The molecule has 0 saturated carbocycles. The van der Waals surface area contributed by atoms with E-state index in [1.807, 2.05) is 12.1 Å². The lowest BCUT2D eigenvalue weighted by Gasteiger charge is -2.34. The predicted octanol–water partition coefficient (Wildman–Crippen LogP) is 2.55. The number of rotatable bonds is 4. The van der Waals surface area contributed by atoms with Crippen LogP contribution >= 0.6 is 11.6 Å². The summed E-state index contributed by atoms with van der Waals surface area (Å²) in [6.45, 7) is 2.49. The van der Waals surface area contributed by atoms with Gasteiger partial charge >= 0.3 is 0 Å². The van der Waals surface area contributed by atoms with Gasteiger partial charge in [0.25, 0.3) is 0 Å². The van der Waals surface area contributed by atoms with Crippen LogP contribution in [0.4, 0.5) is 0 Å². The minimum Gasteiger partial charge on any atom is -0.306 e. The molecule has 0 unspecified atom stereocenters. The van der Waals surface area contributed by atoms with Crippen molar-refractivity contribution >= 4 is 17.4 Å². The van der Waals surface area contributed by atoms with Gasteiger partial charge in [-0.2, -0.15) is 0 Å². The molecule has 1 heterocycles. The van der Waals surface area contributed by atoms with Gasteiger partial charge in [-0.3, -0.25) is 9.69 Å². The number of Topliss-reactive ketones (excluding diaryl/α,β-unsaturated/α-hetero) is 1. The second-order valence-corrected chi connectivity index (χ2v) is 5.84. The van der Waals surface area contributed by atoms with Crippen molar-refractivity contribution in [2.24, 2.45) is 0 Å². The molecule has 0 radical (unpaired) electrons. The van der Waals surface area contributed by atoms with Crippen molar-refractivity contribution in [3.05, 3.63) is 34.9 Å². The van der Waals surface area contributed by atoms with Crippen LogP contribution in [-0.2, 0) is 0 Å². The molecular weight excluding hydrogens is 260 g/mol. The number of ketones is 1. The first-order valence-electron chi connectivity index (χ1n) is 6.74. The Labute approximate surface area is 120 Å². The van der Waals surface area contributed by atoms with Crippen LogP contribution in [0.3, 0.4) is 0 Å². The molecule has 0 spiro atoms. The highest BCUT2D eigenvalue weighted by atomic mass is 35.5. The highest BCUT2D eigenvalue weighted by molar-refractivity contribution is 6.31. The number of carbonyl (C=O) groups excluding carboxylic acids is 1. The summed E-state index contributed by atoms with van der Waals surface area (Å²) in [6, 6.07) is 7.85. The van der Waals surface area contributed by atoms with E-state index < -0.39 is 0 Å². The molecule has 19 heavy (non-hydrogen) atoms. The first kappa shape index (κ1) is 14.5. The maximum absolute atomic E-state index is 12.2. The van der Waals surface area contributed by atoms with Crippen molar-refractivity contribution < 1.29 is 4.79 Å². The Kier molecular flexibility index (Phi) is 4.97. The Hall–Kier alpha value is -0.900. The molecule has 0 aromatic heterocycles. The van der Waals surface area contributed by atoms with E-state index >= 15 is 0 Å². The number of carbonyl (C=O) groups is 1. The van der Waals surface area contributed by atoms with E-state index in [-0.39, 0.29) is 5.78 Å². The normalized spacial score (nSPS) is 17.9. The van der Waals surface area contributed by atoms with Gasteiger partial charge in [-0.05, 0) is 39.1 Å². The van der Waals surface area contributed by atoms with Crippen LogP contribution in [-0.4, -0.2) is 55.4 Å². The molecule has 1 aromatic rings. The van der Waals surface area contributed by atoms with Crippen LogP contribution in [0, 0.1) is 0 Å². The van der Waals surface area contributed by atoms with E-state index in [0.717, 1.165) is 25.9 Å². The van der Waals surface area contributed by atoms with Gasteiger partial charge in [0.15, 0.2) is 5.78 Å². The maximum Gasteiger partial charge on any atom is 0.176 e. The van der Waals surface area contributed by atoms with Crippen molar-refractivity contribution in [3.8, 4) is 0 Å². The summed E-state index contributed by atoms with van der Waals surface area (Å²) < 4.78 is 0. The molecule has 1 fully saturated rings. The summed E-state index contributed by atoms with van der Waals surface area (Å²) in [7, 11) is 4.24. The number of halogens is 1. The highest BCUT2D eigenvalue weighted by Crippen LogP contribution is 2.16. The minimum absolute atomic E-state index is 0.158. The van der Waals surface area contributed by atoms with E-state index in [1.165, 1.54) is 0 Å². The van der Waals surface area contributed by atoms with Crippen LogP contribution in [0.1, 0.15) is 23.2 Å². The van der Waals surface area contributed by atoms with E-state index in [1.54, 1.807) is 12.1 Å². The lowest BCUT2D eigenvalue weighted by atomic mass is 10.0. The van der Waals surface area contributed by atoms with E-state index in [9.17, 15) is 4.79 Å².